The molecule has 0 unspecified atom stereocenters. The van der Waals surface area contributed by atoms with Crippen LogP contribution < -0.4 is 4.74 Å². The van der Waals surface area contributed by atoms with Gasteiger partial charge in [0.1, 0.15) is 0 Å². The molecule has 0 aromatic carbocycles. The predicted molar refractivity (Wildman–Crippen MR) is 51.4 cm³/mol. The van der Waals surface area contributed by atoms with E-state index >= 15 is 0 Å². The average molecular weight is 219 g/mol. The molecule has 6 nitrogen and oxygen atoms in total. The van der Waals surface area contributed by atoms with Crippen molar-refractivity contribution in [1.29, 1.82) is 0 Å². The van der Waals surface area contributed by atoms with Gasteiger partial charge < -0.3 is 4.74 Å². The predicted octanol–water partition coefficient (Wildman–Crippen LogP) is -0.0637. The zero-order chi connectivity index (χ0) is 10.8. The zero-order valence-electron chi connectivity index (χ0n) is 8.34. The van der Waals surface area contributed by atoms with Crippen LogP contribution in [0.4, 0.5) is 0 Å². The third-order valence-electron chi connectivity index (χ3n) is 1.55. The van der Waals surface area contributed by atoms with Crippen LogP contribution in [0.15, 0.2) is 12.4 Å². The molecule has 14 heavy (non-hydrogen) atoms. The summed E-state index contributed by atoms with van der Waals surface area (Å²) >= 11 is 0. The Morgan fingerprint density at radius 1 is 1.57 bits per heavy atom. The normalized spacial score (nSPS) is 12.0. The maximum absolute atomic E-state index is 11.5. The Morgan fingerprint density at radius 2 is 2.21 bits per heavy atom. The molecule has 0 aliphatic rings. The van der Waals surface area contributed by atoms with Gasteiger partial charge in [0.05, 0.1) is 19.0 Å². The van der Waals surface area contributed by atoms with Crippen molar-refractivity contribution < 1.29 is 13.2 Å². The molecule has 80 valence electrons. The summed E-state index contributed by atoms with van der Waals surface area (Å²) in [5.41, 5.74) is 0. The molecule has 0 aliphatic carbocycles. The van der Waals surface area contributed by atoms with Crippen LogP contribution in [0.2, 0.25) is 0 Å². The first-order valence-corrected chi connectivity index (χ1v) is 5.48. The van der Waals surface area contributed by atoms with Gasteiger partial charge in [-0.25, -0.2) is 0 Å². The van der Waals surface area contributed by atoms with E-state index in [0.29, 0.717) is 12.4 Å². The van der Waals surface area contributed by atoms with E-state index in [1.165, 1.54) is 26.5 Å². The van der Waals surface area contributed by atoms with E-state index in [4.69, 9.17) is 4.74 Å². The maximum atomic E-state index is 11.5. The molecular weight excluding hydrogens is 206 g/mol. The highest BCUT2D eigenvalue weighted by Crippen LogP contribution is 2.10. The van der Waals surface area contributed by atoms with Crippen molar-refractivity contribution in [2.24, 2.45) is 0 Å². The quantitative estimate of drug-likeness (QED) is 0.711. The Kier molecular flexibility index (Phi) is 3.12. The van der Waals surface area contributed by atoms with Crippen molar-refractivity contribution in [1.82, 2.24) is 13.5 Å². The largest absolute Gasteiger partial charge is 0.491 e. The molecule has 1 heterocycles. The molecule has 0 saturated heterocycles. The van der Waals surface area contributed by atoms with Gasteiger partial charge in [0, 0.05) is 14.1 Å². The summed E-state index contributed by atoms with van der Waals surface area (Å²) in [7, 11) is -0.632. The highest BCUT2D eigenvalue weighted by Gasteiger charge is 2.17. The number of rotatable bonds is 4. The van der Waals surface area contributed by atoms with Gasteiger partial charge in [-0.05, 0) is 6.92 Å². The average Bonchev–Trinajstić information content (AvgIpc) is 2.53. The van der Waals surface area contributed by atoms with Crippen LogP contribution in [0.3, 0.4) is 0 Å². The minimum Gasteiger partial charge on any atom is -0.491 e. The second kappa shape index (κ2) is 3.97. The maximum Gasteiger partial charge on any atom is 0.322 e. The number of nitrogens with zero attached hydrogens (tertiary/aromatic N) is 3. The Bertz CT molecular complexity index is 396. The van der Waals surface area contributed by atoms with E-state index in [-0.39, 0.29) is 0 Å². The summed E-state index contributed by atoms with van der Waals surface area (Å²) in [5.74, 6) is 0.443. The lowest BCUT2D eigenvalue weighted by molar-refractivity contribution is 0.340. The number of ether oxygens (including phenoxy) is 1. The van der Waals surface area contributed by atoms with Crippen molar-refractivity contribution in [2.45, 2.75) is 6.92 Å². The van der Waals surface area contributed by atoms with E-state index in [9.17, 15) is 8.42 Å². The van der Waals surface area contributed by atoms with Gasteiger partial charge in [-0.1, -0.05) is 0 Å². The number of aromatic nitrogens is 2. The van der Waals surface area contributed by atoms with Crippen LogP contribution >= 0.6 is 0 Å². The third kappa shape index (κ3) is 2.05. The highest BCUT2D eigenvalue weighted by atomic mass is 32.2. The number of hydrogen-bond donors (Lipinski definition) is 0. The molecule has 0 fully saturated rings. The summed E-state index contributed by atoms with van der Waals surface area (Å²) in [6.07, 6.45) is 2.70. The van der Waals surface area contributed by atoms with E-state index in [1.807, 2.05) is 6.92 Å². The van der Waals surface area contributed by atoms with Crippen molar-refractivity contribution in [3.63, 3.8) is 0 Å². The first kappa shape index (κ1) is 11.0. The molecule has 1 rings (SSSR count). The van der Waals surface area contributed by atoms with E-state index in [2.05, 4.69) is 5.10 Å². The van der Waals surface area contributed by atoms with Crippen LogP contribution in [0.1, 0.15) is 6.92 Å². The standard InChI is InChI=1S/C7H13N3O3S/c1-4-13-7-5-8-10(6-7)14(11,12)9(2)3/h5-6H,4H2,1-3H3. The molecule has 0 aliphatic heterocycles. The van der Waals surface area contributed by atoms with Gasteiger partial charge in [0.25, 0.3) is 0 Å². The molecular formula is C7H13N3O3S. The Balaban J connectivity index is 2.98. The van der Waals surface area contributed by atoms with Crippen LogP contribution in [0.5, 0.6) is 5.75 Å². The lowest BCUT2D eigenvalue weighted by Crippen LogP contribution is -2.29. The fourth-order valence-electron chi connectivity index (χ4n) is 0.824. The van der Waals surface area contributed by atoms with Gasteiger partial charge in [0.2, 0.25) is 0 Å². The molecule has 0 saturated carbocycles. The SMILES string of the molecule is CCOc1cnn(S(=O)(=O)N(C)C)c1. The fraction of sp³-hybridized carbons (Fsp3) is 0.571. The zero-order valence-corrected chi connectivity index (χ0v) is 9.15. The van der Waals surface area contributed by atoms with Gasteiger partial charge in [0.15, 0.2) is 5.75 Å². The summed E-state index contributed by atoms with van der Waals surface area (Å²) < 4.78 is 30.1. The third-order valence-corrected chi connectivity index (χ3v) is 3.14. The second-order valence-corrected chi connectivity index (χ2v) is 4.77. The summed E-state index contributed by atoms with van der Waals surface area (Å²) in [6.45, 7) is 2.30. The van der Waals surface area contributed by atoms with Gasteiger partial charge in [-0.2, -0.15) is 17.8 Å². The van der Waals surface area contributed by atoms with Gasteiger partial charge in [-0.3, -0.25) is 0 Å². The molecule has 0 radical (unpaired) electrons. The fourth-order valence-corrected chi connectivity index (χ4v) is 1.56. The van der Waals surface area contributed by atoms with Crippen molar-refractivity contribution in [3.8, 4) is 5.75 Å². The van der Waals surface area contributed by atoms with Crippen molar-refractivity contribution >= 4 is 10.2 Å². The minimum atomic E-state index is -3.52. The first-order valence-electron chi connectivity index (χ1n) is 4.09. The van der Waals surface area contributed by atoms with Crippen LogP contribution in [-0.4, -0.2) is 42.6 Å². The Hall–Kier alpha value is -1.08. The van der Waals surface area contributed by atoms with Crippen molar-refractivity contribution in [3.05, 3.63) is 12.4 Å². The molecule has 0 bridgehead atoms. The number of hydrogen-bond acceptors (Lipinski definition) is 4. The molecule has 1 aromatic rings. The van der Waals surface area contributed by atoms with Crippen LogP contribution in [0.25, 0.3) is 0 Å². The highest BCUT2D eigenvalue weighted by molar-refractivity contribution is 7.87. The smallest absolute Gasteiger partial charge is 0.322 e. The molecule has 0 atom stereocenters. The molecule has 1 aromatic heterocycles. The molecule has 0 spiro atoms. The molecule has 0 N–H and O–H groups in total. The lowest BCUT2D eigenvalue weighted by Gasteiger charge is -2.09. The first-order chi connectivity index (χ1) is 6.48. The van der Waals surface area contributed by atoms with E-state index in [1.54, 1.807) is 0 Å². The summed E-state index contributed by atoms with van der Waals surface area (Å²) in [6, 6.07) is 0. The van der Waals surface area contributed by atoms with Crippen LogP contribution in [-0.2, 0) is 10.2 Å². The van der Waals surface area contributed by atoms with Crippen LogP contribution in [0, 0.1) is 0 Å². The Labute approximate surface area is 83.3 Å². The minimum absolute atomic E-state index is 0.443. The van der Waals surface area contributed by atoms with E-state index < -0.39 is 10.2 Å². The van der Waals surface area contributed by atoms with E-state index in [0.717, 1.165) is 8.39 Å². The van der Waals surface area contributed by atoms with Gasteiger partial charge >= 0.3 is 10.2 Å². The molecule has 0 amide bonds. The molecule has 7 heteroatoms. The summed E-state index contributed by atoms with van der Waals surface area (Å²) in [4.78, 5) is 0. The Morgan fingerprint density at radius 3 is 2.71 bits per heavy atom. The summed E-state index contributed by atoms with van der Waals surface area (Å²) in [5, 5.41) is 3.69. The topological polar surface area (TPSA) is 64.4 Å². The second-order valence-electron chi connectivity index (χ2n) is 2.77. The van der Waals surface area contributed by atoms with Gasteiger partial charge in [-0.15, -0.1) is 4.09 Å². The lowest BCUT2D eigenvalue weighted by atomic mass is 10.6. The van der Waals surface area contributed by atoms with Crippen molar-refractivity contribution in [2.75, 3.05) is 20.7 Å². The monoisotopic (exact) mass is 219 g/mol.